The molecule has 6 heteroatoms. The summed E-state index contributed by atoms with van der Waals surface area (Å²) in [7, 11) is 0. The smallest absolute Gasteiger partial charge is 0.402 e. The molecule has 4 aromatic rings. The fraction of sp³-hybridized carbons (Fsp3) is 0.133. The third-order valence-electron chi connectivity index (χ3n) is 5.88. The van der Waals surface area contributed by atoms with Gasteiger partial charge in [0.2, 0.25) is 0 Å². The van der Waals surface area contributed by atoms with E-state index >= 15 is 0 Å². The Morgan fingerprint density at radius 1 is 0.500 bits per heavy atom. The zero-order valence-electron chi connectivity index (χ0n) is 19.8. The number of rotatable bonds is 6. The molecule has 0 spiro atoms. The Hall–Kier alpha value is -4.58. The molecule has 180 valence electrons. The van der Waals surface area contributed by atoms with Gasteiger partial charge >= 0.3 is 23.5 Å². The first-order valence-electron chi connectivity index (χ1n) is 11.5. The van der Waals surface area contributed by atoms with Crippen LogP contribution in [0.4, 0.5) is 0 Å². The molecule has 2 atom stereocenters. The van der Waals surface area contributed by atoms with E-state index in [1.807, 2.05) is 38.1 Å². The molecule has 6 nitrogen and oxygen atoms in total. The van der Waals surface area contributed by atoms with Crippen LogP contribution in [0.3, 0.4) is 0 Å². The first-order valence-corrected chi connectivity index (χ1v) is 11.5. The predicted octanol–water partition coefficient (Wildman–Crippen LogP) is 5.57. The number of carbonyl (C=O) groups excluding carboxylic acids is 2. The fourth-order valence-corrected chi connectivity index (χ4v) is 3.93. The van der Waals surface area contributed by atoms with Gasteiger partial charge in [-0.1, -0.05) is 96.1 Å². The number of esters is 2. The minimum absolute atomic E-state index is 0.306. The van der Waals surface area contributed by atoms with Crippen LogP contribution in [0.15, 0.2) is 109 Å². The van der Waals surface area contributed by atoms with Gasteiger partial charge in [-0.15, -0.1) is 0 Å². The second kappa shape index (κ2) is 9.23. The number of cyclic esters (lactones) is 2. The number of ether oxygens (including phenoxy) is 4. The van der Waals surface area contributed by atoms with Gasteiger partial charge in [0.05, 0.1) is 0 Å². The lowest BCUT2D eigenvalue weighted by Crippen LogP contribution is -2.61. The van der Waals surface area contributed by atoms with E-state index in [2.05, 4.69) is 0 Å². The highest BCUT2D eigenvalue weighted by atomic mass is 16.8. The fourth-order valence-electron chi connectivity index (χ4n) is 3.93. The predicted molar refractivity (Wildman–Crippen MR) is 132 cm³/mol. The molecule has 36 heavy (non-hydrogen) atoms. The van der Waals surface area contributed by atoms with Crippen molar-refractivity contribution in [2.75, 3.05) is 0 Å². The van der Waals surface area contributed by atoms with Crippen molar-refractivity contribution in [3.05, 3.63) is 131 Å². The largest absolute Gasteiger partial charge is 0.439 e. The standard InChI is InChI=1S/C30H24O6/c1-21-13-17-25(18-14-21)33-29(23-9-5-3-6-10-23)27(31)36-30(28(32)35-29,24-11-7-4-8-12-24)34-26-19-15-22(2)16-20-26/h3-20H,1-2H3/t29-,30-/m0/s1. The average Bonchev–Trinajstić information content (AvgIpc) is 2.90. The van der Waals surface area contributed by atoms with Gasteiger partial charge in [-0.3, -0.25) is 0 Å². The second-order valence-electron chi connectivity index (χ2n) is 8.57. The van der Waals surface area contributed by atoms with Crippen molar-refractivity contribution < 1.29 is 28.5 Å². The van der Waals surface area contributed by atoms with Crippen LogP contribution in [0.2, 0.25) is 0 Å². The molecule has 0 unspecified atom stereocenters. The summed E-state index contributed by atoms with van der Waals surface area (Å²) in [5.41, 5.74) is 2.63. The monoisotopic (exact) mass is 480 g/mol. The van der Waals surface area contributed by atoms with Crippen molar-refractivity contribution in [2.24, 2.45) is 0 Å². The summed E-state index contributed by atoms with van der Waals surface area (Å²) < 4.78 is 24.0. The summed E-state index contributed by atoms with van der Waals surface area (Å²) in [6.07, 6.45) is 0. The Morgan fingerprint density at radius 3 is 1.17 bits per heavy atom. The first kappa shape index (κ1) is 23.2. The molecule has 0 radical (unpaired) electrons. The summed E-state index contributed by atoms with van der Waals surface area (Å²) in [6, 6.07) is 31.1. The summed E-state index contributed by atoms with van der Waals surface area (Å²) >= 11 is 0. The summed E-state index contributed by atoms with van der Waals surface area (Å²) in [4.78, 5) is 27.7. The molecule has 0 saturated carbocycles. The van der Waals surface area contributed by atoms with E-state index in [1.165, 1.54) is 0 Å². The van der Waals surface area contributed by atoms with Crippen LogP contribution in [-0.4, -0.2) is 11.9 Å². The minimum Gasteiger partial charge on any atom is -0.439 e. The number of carbonyl (C=O) groups is 2. The molecule has 0 amide bonds. The van der Waals surface area contributed by atoms with E-state index in [0.717, 1.165) is 11.1 Å². The number of hydrogen-bond donors (Lipinski definition) is 0. The summed E-state index contributed by atoms with van der Waals surface area (Å²) in [5, 5.41) is 0. The maximum atomic E-state index is 13.9. The highest BCUT2D eigenvalue weighted by Crippen LogP contribution is 2.43. The Kier molecular flexibility index (Phi) is 5.94. The van der Waals surface area contributed by atoms with Crippen LogP contribution in [0.5, 0.6) is 11.5 Å². The van der Waals surface area contributed by atoms with Crippen molar-refractivity contribution in [3.8, 4) is 11.5 Å². The molecule has 1 aliphatic heterocycles. The van der Waals surface area contributed by atoms with Gasteiger partial charge < -0.3 is 18.9 Å². The van der Waals surface area contributed by atoms with Crippen LogP contribution in [0.1, 0.15) is 22.3 Å². The first-order chi connectivity index (χ1) is 17.4. The van der Waals surface area contributed by atoms with Gasteiger partial charge in [-0.2, -0.15) is 0 Å². The molecular weight excluding hydrogens is 456 g/mol. The van der Waals surface area contributed by atoms with Crippen molar-refractivity contribution in [1.82, 2.24) is 0 Å². The highest BCUT2D eigenvalue weighted by Gasteiger charge is 2.64. The topological polar surface area (TPSA) is 71.1 Å². The highest BCUT2D eigenvalue weighted by molar-refractivity contribution is 5.93. The molecule has 0 bridgehead atoms. The van der Waals surface area contributed by atoms with Crippen molar-refractivity contribution >= 4 is 11.9 Å². The zero-order valence-corrected chi connectivity index (χ0v) is 19.8. The quantitative estimate of drug-likeness (QED) is 0.336. The maximum absolute atomic E-state index is 13.9. The molecule has 1 aliphatic rings. The molecule has 5 rings (SSSR count). The van der Waals surface area contributed by atoms with E-state index < -0.39 is 23.5 Å². The normalized spacial score (nSPS) is 21.3. The van der Waals surface area contributed by atoms with E-state index in [1.54, 1.807) is 84.9 Å². The number of aryl methyl sites for hydroxylation is 2. The lowest BCUT2D eigenvalue weighted by atomic mass is 10.00. The maximum Gasteiger partial charge on any atom is 0.402 e. The molecule has 4 aromatic carbocycles. The Labute approximate surface area is 209 Å². The minimum atomic E-state index is -2.16. The van der Waals surface area contributed by atoms with Crippen molar-refractivity contribution in [3.63, 3.8) is 0 Å². The summed E-state index contributed by atoms with van der Waals surface area (Å²) in [6.45, 7) is 3.87. The Balaban J connectivity index is 1.60. The second-order valence-corrected chi connectivity index (χ2v) is 8.57. The number of benzene rings is 4. The van der Waals surface area contributed by atoms with Crippen LogP contribution >= 0.6 is 0 Å². The Bertz CT molecular complexity index is 1260. The molecule has 0 aliphatic carbocycles. The third kappa shape index (κ3) is 4.18. The van der Waals surface area contributed by atoms with E-state index in [-0.39, 0.29) is 0 Å². The van der Waals surface area contributed by atoms with Gasteiger partial charge in [0.25, 0.3) is 0 Å². The van der Waals surface area contributed by atoms with Crippen LogP contribution < -0.4 is 9.47 Å². The number of hydrogen-bond acceptors (Lipinski definition) is 6. The Morgan fingerprint density at radius 2 is 0.833 bits per heavy atom. The molecule has 1 fully saturated rings. The molecule has 0 N–H and O–H groups in total. The van der Waals surface area contributed by atoms with Crippen LogP contribution in [-0.2, 0) is 30.6 Å². The molecule has 1 saturated heterocycles. The van der Waals surface area contributed by atoms with Crippen molar-refractivity contribution in [1.29, 1.82) is 0 Å². The van der Waals surface area contributed by atoms with Gasteiger partial charge in [0.1, 0.15) is 11.5 Å². The van der Waals surface area contributed by atoms with Crippen molar-refractivity contribution in [2.45, 2.75) is 25.4 Å². The average molecular weight is 481 g/mol. The van der Waals surface area contributed by atoms with Gasteiger partial charge in [-0.25, -0.2) is 9.59 Å². The lowest BCUT2D eigenvalue weighted by molar-refractivity contribution is -0.295. The van der Waals surface area contributed by atoms with E-state index in [9.17, 15) is 9.59 Å². The van der Waals surface area contributed by atoms with Gasteiger partial charge in [0.15, 0.2) is 0 Å². The van der Waals surface area contributed by atoms with E-state index in [0.29, 0.717) is 22.6 Å². The molecule has 1 heterocycles. The SMILES string of the molecule is Cc1ccc(O[C@@]2(c3ccccc3)OC(=O)[C@](Oc3ccc(C)cc3)(c3ccccc3)OC2=O)cc1. The lowest BCUT2D eigenvalue weighted by Gasteiger charge is -2.42. The van der Waals surface area contributed by atoms with Gasteiger partial charge in [0, 0.05) is 11.1 Å². The molecule has 0 aromatic heterocycles. The third-order valence-corrected chi connectivity index (χ3v) is 5.88. The molecular formula is C30H24O6. The zero-order chi connectivity index (χ0) is 25.2. The van der Waals surface area contributed by atoms with E-state index in [4.69, 9.17) is 18.9 Å². The van der Waals surface area contributed by atoms with Crippen LogP contribution in [0, 0.1) is 13.8 Å². The van der Waals surface area contributed by atoms with Crippen LogP contribution in [0.25, 0.3) is 0 Å². The summed E-state index contributed by atoms with van der Waals surface area (Å²) in [5.74, 6) is -5.51. The van der Waals surface area contributed by atoms with Gasteiger partial charge in [-0.05, 0) is 38.1 Å².